The van der Waals surface area contributed by atoms with Gasteiger partial charge in [0.1, 0.15) is 5.82 Å². The second-order valence-electron chi connectivity index (χ2n) is 6.66. The molecule has 2 aromatic rings. The van der Waals surface area contributed by atoms with E-state index in [1.165, 1.54) is 22.7 Å². The largest absolute Gasteiger partial charge is 0.357 e. The molecular weight excluding hydrogens is 356 g/mol. The summed E-state index contributed by atoms with van der Waals surface area (Å²) in [5.74, 6) is 1.92. The molecule has 0 aromatic carbocycles. The third-order valence-electron chi connectivity index (χ3n) is 4.58. The van der Waals surface area contributed by atoms with Gasteiger partial charge in [0, 0.05) is 49.9 Å². The van der Waals surface area contributed by atoms with Crippen LogP contribution in [0, 0.1) is 0 Å². The van der Waals surface area contributed by atoms with Crippen LogP contribution in [0.3, 0.4) is 0 Å². The van der Waals surface area contributed by atoms with Gasteiger partial charge in [-0.05, 0) is 37.8 Å². The number of hydrogen-bond donors (Lipinski definition) is 2. The highest BCUT2D eigenvalue weighted by molar-refractivity contribution is 7.11. The van der Waals surface area contributed by atoms with Crippen LogP contribution in [0.2, 0.25) is 0 Å². The number of guanidine groups is 1. The molecule has 0 aliphatic carbocycles. The van der Waals surface area contributed by atoms with E-state index >= 15 is 0 Å². The van der Waals surface area contributed by atoms with Crippen molar-refractivity contribution >= 4 is 23.1 Å². The minimum absolute atomic E-state index is 0.625. The predicted octanol–water partition coefficient (Wildman–Crippen LogP) is 3.00. The van der Waals surface area contributed by atoms with Gasteiger partial charge in [-0.2, -0.15) is 0 Å². The Morgan fingerprint density at radius 3 is 2.67 bits per heavy atom. The number of aromatic nitrogens is 2. The molecule has 6 nitrogen and oxygen atoms in total. The number of anilines is 1. The van der Waals surface area contributed by atoms with Crippen molar-refractivity contribution in [2.24, 2.45) is 4.99 Å². The van der Waals surface area contributed by atoms with Gasteiger partial charge in [0.25, 0.3) is 0 Å². The van der Waals surface area contributed by atoms with Crippen LogP contribution in [0.5, 0.6) is 0 Å². The lowest BCUT2D eigenvalue weighted by Gasteiger charge is -2.16. The van der Waals surface area contributed by atoms with Crippen LogP contribution < -0.4 is 15.5 Å². The molecule has 3 heterocycles. The molecule has 1 saturated heterocycles. The molecule has 27 heavy (non-hydrogen) atoms. The molecule has 1 fully saturated rings. The van der Waals surface area contributed by atoms with Crippen LogP contribution in [-0.4, -0.2) is 42.1 Å². The van der Waals surface area contributed by atoms with E-state index < -0.39 is 0 Å². The number of aryl methyl sites for hydroxylation is 1. The van der Waals surface area contributed by atoms with Crippen LogP contribution in [0.4, 0.5) is 5.82 Å². The molecule has 3 rings (SSSR count). The zero-order chi connectivity index (χ0) is 18.9. The van der Waals surface area contributed by atoms with Crippen molar-refractivity contribution in [1.82, 2.24) is 20.6 Å². The molecule has 2 aromatic heterocycles. The molecule has 0 saturated carbocycles. The van der Waals surface area contributed by atoms with Crippen molar-refractivity contribution < 1.29 is 0 Å². The van der Waals surface area contributed by atoms with Crippen molar-refractivity contribution in [3.8, 4) is 0 Å². The Labute approximate surface area is 166 Å². The van der Waals surface area contributed by atoms with Gasteiger partial charge in [0.2, 0.25) is 0 Å². The predicted molar refractivity (Wildman–Crippen MR) is 114 cm³/mol. The van der Waals surface area contributed by atoms with E-state index in [1.807, 2.05) is 12.4 Å². The van der Waals surface area contributed by atoms with Gasteiger partial charge in [-0.1, -0.05) is 13.0 Å². The first kappa shape index (κ1) is 19.6. The van der Waals surface area contributed by atoms with Crippen molar-refractivity contribution in [3.63, 3.8) is 0 Å². The maximum absolute atomic E-state index is 4.69. The fourth-order valence-electron chi connectivity index (χ4n) is 3.07. The average molecular weight is 387 g/mol. The lowest BCUT2D eigenvalue weighted by molar-refractivity contribution is 0.796. The highest BCUT2D eigenvalue weighted by Crippen LogP contribution is 2.17. The van der Waals surface area contributed by atoms with Gasteiger partial charge in [-0.15, -0.1) is 11.3 Å². The Morgan fingerprint density at radius 1 is 1.15 bits per heavy atom. The summed E-state index contributed by atoms with van der Waals surface area (Å²) in [6.45, 7) is 8.79. The second kappa shape index (κ2) is 10.3. The van der Waals surface area contributed by atoms with Crippen LogP contribution in [0.1, 0.15) is 42.1 Å². The highest BCUT2D eigenvalue weighted by Gasteiger charge is 2.12. The Bertz CT molecular complexity index is 718. The van der Waals surface area contributed by atoms with Gasteiger partial charge in [-0.25, -0.2) is 15.0 Å². The summed E-state index contributed by atoms with van der Waals surface area (Å²) in [5.41, 5.74) is 1.13. The van der Waals surface area contributed by atoms with E-state index in [0.717, 1.165) is 56.4 Å². The highest BCUT2D eigenvalue weighted by atomic mass is 32.1. The molecule has 7 heteroatoms. The number of thiazole rings is 1. The second-order valence-corrected chi connectivity index (χ2v) is 7.86. The molecule has 0 atom stereocenters. The third-order valence-corrected chi connectivity index (χ3v) is 5.79. The lowest BCUT2D eigenvalue weighted by atomic mass is 10.3. The molecule has 2 N–H and O–H groups in total. The van der Waals surface area contributed by atoms with E-state index in [0.29, 0.717) is 6.54 Å². The van der Waals surface area contributed by atoms with Crippen molar-refractivity contribution in [3.05, 3.63) is 40.0 Å². The summed E-state index contributed by atoms with van der Waals surface area (Å²) in [6.07, 6.45) is 8.44. The molecule has 0 unspecified atom stereocenters. The average Bonchev–Trinajstić information content (AvgIpc) is 3.38. The summed E-state index contributed by atoms with van der Waals surface area (Å²) in [7, 11) is 0. The van der Waals surface area contributed by atoms with E-state index in [2.05, 4.69) is 56.5 Å². The maximum Gasteiger partial charge on any atom is 0.191 e. The number of aliphatic imine (C=N–C) groups is 1. The maximum atomic E-state index is 4.69. The zero-order valence-corrected chi connectivity index (χ0v) is 17.2. The van der Waals surface area contributed by atoms with E-state index in [4.69, 9.17) is 0 Å². The molecular formula is C20H30N6S. The first-order valence-corrected chi connectivity index (χ1v) is 10.8. The van der Waals surface area contributed by atoms with Gasteiger partial charge in [0.15, 0.2) is 5.96 Å². The molecule has 0 amide bonds. The topological polar surface area (TPSA) is 65.4 Å². The number of pyridine rings is 1. The number of hydrogen-bond acceptors (Lipinski definition) is 5. The fourth-order valence-corrected chi connectivity index (χ4v) is 3.93. The van der Waals surface area contributed by atoms with E-state index in [9.17, 15) is 0 Å². The minimum atomic E-state index is 0.625. The summed E-state index contributed by atoms with van der Waals surface area (Å²) >= 11 is 1.80. The van der Waals surface area contributed by atoms with Gasteiger partial charge < -0.3 is 15.5 Å². The minimum Gasteiger partial charge on any atom is -0.357 e. The lowest BCUT2D eigenvalue weighted by Crippen LogP contribution is -2.38. The summed E-state index contributed by atoms with van der Waals surface area (Å²) < 4.78 is 0. The molecule has 146 valence electrons. The summed E-state index contributed by atoms with van der Waals surface area (Å²) in [4.78, 5) is 17.5. The van der Waals surface area contributed by atoms with Crippen molar-refractivity contribution in [2.45, 2.75) is 46.1 Å². The molecule has 0 bridgehead atoms. The van der Waals surface area contributed by atoms with E-state index in [1.54, 1.807) is 11.3 Å². The Balaban J connectivity index is 1.50. The third kappa shape index (κ3) is 5.92. The Hall–Kier alpha value is -2.15. The van der Waals surface area contributed by atoms with Crippen LogP contribution in [-0.2, 0) is 19.4 Å². The van der Waals surface area contributed by atoms with E-state index in [-0.39, 0.29) is 0 Å². The first-order valence-electron chi connectivity index (χ1n) is 9.94. The molecule has 1 aliphatic rings. The van der Waals surface area contributed by atoms with Gasteiger partial charge in [-0.3, -0.25) is 0 Å². The fraction of sp³-hybridized carbons (Fsp3) is 0.550. The summed E-state index contributed by atoms with van der Waals surface area (Å²) in [5, 5.41) is 7.88. The zero-order valence-electron chi connectivity index (χ0n) is 16.4. The van der Waals surface area contributed by atoms with Crippen LogP contribution in [0.15, 0.2) is 29.5 Å². The molecule has 0 spiro atoms. The number of nitrogens with one attached hydrogen (secondary N) is 2. The van der Waals surface area contributed by atoms with Crippen molar-refractivity contribution in [1.29, 1.82) is 0 Å². The van der Waals surface area contributed by atoms with Crippen LogP contribution in [0.25, 0.3) is 0 Å². The van der Waals surface area contributed by atoms with Gasteiger partial charge in [0.05, 0.1) is 11.6 Å². The molecule has 1 aliphatic heterocycles. The molecule has 0 radical (unpaired) electrons. The van der Waals surface area contributed by atoms with Crippen molar-refractivity contribution in [2.75, 3.05) is 31.1 Å². The number of nitrogens with zero attached hydrogens (tertiary/aromatic N) is 4. The standard InChI is InChI=1S/C20H30N6S/c1-3-17-15-24-19(27-17)9-10-22-20(21-4-2)25-14-16-7-8-18(23-13-16)26-11-5-6-12-26/h7-8,13,15H,3-6,9-12,14H2,1-2H3,(H2,21,22,25). The first-order chi connectivity index (χ1) is 13.3. The normalized spacial score (nSPS) is 14.6. The summed E-state index contributed by atoms with van der Waals surface area (Å²) in [6, 6.07) is 4.25. The smallest absolute Gasteiger partial charge is 0.191 e. The SMILES string of the molecule is CCNC(=NCc1ccc(N2CCCC2)nc1)NCCc1ncc(CC)s1. The Kier molecular flexibility index (Phi) is 7.45. The Morgan fingerprint density at radius 2 is 2.00 bits per heavy atom. The van der Waals surface area contributed by atoms with Crippen LogP contribution >= 0.6 is 11.3 Å². The van der Waals surface area contributed by atoms with Gasteiger partial charge >= 0.3 is 0 Å². The quantitative estimate of drug-likeness (QED) is 0.539. The monoisotopic (exact) mass is 386 g/mol. The number of rotatable bonds is 8.